The zero-order valence-electron chi connectivity index (χ0n) is 15.5. The quantitative estimate of drug-likeness (QED) is 0.687. The molecule has 1 aliphatic rings. The Kier molecular flexibility index (Phi) is 4.89. The number of carbonyl (C=O) groups excluding carboxylic acids is 1. The molecule has 4 rings (SSSR count). The number of phenolic OH excluding ortho intramolecular Hbond substituents is 1. The van der Waals surface area contributed by atoms with Crippen molar-refractivity contribution >= 4 is 11.6 Å². The molecule has 0 aliphatic carbocycles. The number of para-hydroxylation sites is 1. The Hall–Kier alpha value is -3.48. The number of imidazole rings is 1. The van der Waals surface area contributed by atoms with Crippen LogP contribution in [0.3, 0.4) is 0 Å². The Morgan fingerprint density at radius 1 is 1.29 bits per heavy atom. The molecule has 7 nitrogen and oxygen atoms in total. The van der Waals surface area contributed by atoms with Crippen molar-refractivity contribution in [2.45, 2.75) is 18.9 Å². The van der Waals surface area contributed by atoms with E-state index in [1.54, 1.807) is 31.8 Å². The zero-order chi connectivity index (χ0) is 19.5. The van der Waals surface area contributed by atoms with Crippen LogP contribution in [0.1, 0.15) is 23.5 Å². The van der Waals surface area contributed by atoms with E-state index in [4.69, 9.17) is 9.47 Å². The lowest BCUT2D eigenvalue weighted by molar-refractivity contribution is -0.116. The summed E-state index contributed by atoms with van der Waals surface area (Å²) in [5.74, 6) is 1.07. The summed E-state index contributed by atoms with van der Waals surface area (Å²) in [7, 11) is 1.60. The lowest BCUT2D eigenvalue weighted by Gasteiger charge is -2.28. The number of nitrogens with one attached hydrogen (secondary N) is 1. The van der Waals surface area contributed by atoms with Gasteiger partial charge in [-0.3, -0.25) is 4.79 Å². The second-order valence-electron chi connectivity index (χ2n) is 6.60. The number of aromatic hydroxyl groups is 1. The van der Waals surface area contributed by atoms with Crippen LogP contribution in [-0.4, -0.2) is 34.3 Å². The fourth-order valence-corrected chi connectivity index (χ4v) is 3.52. The minimum atomic E-state index is -0.192. The van der Waals surface area contributed by atoms with Crippen LogP contribution in [0.5, 0.6) is 17.2 Å². The van der Waals surface area contributed by atoms with Gasteiger partial charge in [0.15, 0.2) is 11.5 Å². The first kappa shape index (κ1) is 17.9. The van der Waals surface area contributed by atoms with Crippen molar-refractivity contribution in [1.29, 1.82) is 0 Å². The molecule has 3 aromatic rings. The van der Waals surface area contributed by atoms with Crippen molar-refractivity contribution in [1.82, 2.24) is 9.55 Å². The molecule has 144 valence electrons. The van der Waals surface area contributed by atoms with Crippen LogP contribution in [0.15, 0.2) is 55.1 Å². The van der Waals surface area contributed by atoms with E-state index in [0.717, 1.165) is 11.1 Å². The van der Waals surface area contributed by atoms with Gasteiger partial charge in [-0.1, -0.05) is 18.2 Å². The van der Waals surface area contributed by atoms with E-state index >= 15 is 0 Å². The van der Waals surface area contributed by atoms with Gasteiger partial charge in [0.2, 0.25) is 5.91 Å². The summed E-state index contributed by atoms with van der Waals surface area (Å²) in [5.41, 5.74) is 2.44. The summed E-state index contributed by atoms with van der Waals surface area (Å²) in [6, 6.07) is 10.7. The van der Waals surface area contributed by atoms with Crippen LogP contribution in [0.25, 0.3) is 0 Å². The highest BCUT2D eigenvalue weighted by molar-refractivity contribution is 5.95. The van der Waals surface area contributed by atoms with Crippen molar-refractivity contribution in [3.8, 4) is 17.2 Å². The van der Waals surface area contributed by atoms with Crippen LogP contribution in [-0.2, 0) is 11.3 Å². The molecular formula is C21H21N3O4. The highest BCUT2D eigenvalue weighted by Crippen LogP contribution is 2.44. The molecule has 0 radical (unpaired) electrons. The van der Waals surface area contributed by atoms with Crippen molar-refractivity contribution in [2.75, 3.05) is 19.0 Å². The number of benzene rings is 2. The Labute approximate surface area is 162 Å². The predicted molar refractivity (Wildman–Crippen MR) is 104 cm³/mol. The van der Waals surface area contributed by atoms with Crippen molar-refractivity contribution in [3.05, 3.63) is 66.2 Å². The SMILES string of the molecule is COc1cccc([C@H]2CC(=O)Nc3cc(O)ccc32)c1OCCn1ccnc1. The van der Waals surface area contributed by atoms with Crippen molar-refractivity contribution in [2.24, 2.45) is 0 Å². The first-order chi connectivity index (χ1) is 13.7. The Balaban J connectivity index is 1.68. The number of amides is 1. The summed E-state index contributed by atoms with van der Waals surface area (Å²) in [5, 5.41) is 12.6. The third-order valence-corrected chi connectivity index (χ3v) is 4.84. The van der Waals surface area contributed by atoms with Crippen molar-refractivity contribution < 1.29 is 19.4 Å². The second-order valence-corrected chi connectivity index (χ2v) is 6.60. The Morgan fingerprint density at radius 2 is 2.18 bits per heavy atom. The number of methoxy groups -OCH3 is 1. The molecule has 0 fully saturated rings. The van der Waals surface area contributed by atoms with E-state index in [-0.39, 0.29) is 17.6 Å². The average Bonchev–Trinajstić information content (AvgIpc) is 3.20. The molecule has 1 aromatic heterocycles. The molecular weight excluding hydrogens is 358 g/mol. The molecule has 1 amide bonds. The summed E-state index contributed by atoms with van der Waals surface area (Å²) >= 11 is 0. The number of rotatable bonds is 6. The van der Waals surface area contributed by atoms with Crippen molar-refractivity contribution in [3.63, 3.8) is 0 Å². The van der Waals surface area contributed by atoms with Gasteiger partial charge >= 0.3 is 0 Å². The molecule has 2 aromatic carbocycles. The van der Waals surface area contributed by atoms with Gasteiger partial charge in [-0.15, -0.1) is 0 Å². The van der Waals surface area contributed by atoms with Gasteiger partial charge in [-0.05, 0) is 17.7 Å². The van der Waals surface area contributed by atoms with E-state index in [2.05, 4.69) is 10.3 Å². The number of aromatic nitrogens is 2. The number of hydrogen-bond acceptors (Lipinski definition) is 5. The lowest BCUT2D eigenvalue weighted by Crippen LogP contribution is -2.24. The molecule has 2 heterocycles. The first-order valence-corrected chi connectivity index (χ1v) is 9.04. The summed E-state index contributed by atoms with van der Waals surface area (Å²) < 4.78 is 13.6. The molecule has 0 saturated carbocycles. The normalized spacial score (nSPS) is 15.6. The molecule has 7 heteroatoms. The minimum Gasteiger partial charge on any atom is -0.508 e. The molecule has 1 atom stereocenters. The van der Waals surface area contributed by atoms with Crippen LogP contribution in [0, 0.1) is 0 Å². The monoisotopic (exact) mass is 379 g/mol. The van der Waals surface area contributed by atoms with Crippen LogP contribution in [0.4, 0.5) is 5.69 Å². The Bertz CT molecular complexity index is 985. The molecule has 0 bridgehead atoms. The topological polar surface area (TPSA) is 85.6 Å². The standard InChI is InChI=1S/C21H21N3O4/c1-27-19-4-2-3-16(21(19)28-10-9-24-8-7-22-13-24)17-12-20(26)23-18-11-14(25)5-6-15(17)18/h2-8,11,13,17,25H,9-10,12H2,1H3,(H,23,26)/t17-/m0/s1. The molecule has 0 unspecified atom stereocenters. The van der Waals surface area contributed by atoms with Gasteiger partial charge in [0.05, 0.1) is 20.0 Å². The van der Waals surface area contributed by atoms with Crippen LogP contribution in [0.2, 0.25) is 0 Å². The first-order valence-electron chi connectivity index (χ1n) is 9.04. The summed E-state index contributed by atoms with van der Waals surface area (Å²) in [6.07, 6.45) is 5.63. The van der Waals surface area contributed by atoms with E-state index in [1.807, 2.05) is 35.0 Å². The fourth-order valence-electron chi connectivity index (χ4n) is 3.52. The summed E-state index contributed by atoms with van der Waals surface area (Å²) in [6.45, 7) is 1.08. The maximum absolute atomic E-state index is 12.3. The third-order valence-electron chi connectivity index (χ3n) is 4.84. The lowest BCUT2D eigenvalue weighted by atomic mass is 9.84. The van der Waals surface area contributed by atoms with E-state index in [1.165, 1.54) is 0 Å². The van der Waals surface area contributed by atoms with Gasteiger partial charge in [0.25, 0.3) is 0 Å². The average molecular weight is 379 g/mol. The van der Waals surface area contributed by atoms with E-state index in [9.17, 15) is 9.90 Å². The molecule has 0 spiro atoms. The number of ether oxygens (including phenoxy) is 2. The maximum Gasteiger partial charge on any atom is 0.225 e. The number of hydrogen-bond donors (Lipinski definition) is 2. The molecule has 2 N–H and O–H groups in total. The molecule has 0 saturated heterocycles. The number of fused-ring (bicyclic) bond motifs is 1. The van der Waals surface area contributed by atoms with E-state index in [0.29, 0.717) is 36.8 Å². The van der Waals surface area contributed by atoms with Crippen LogP contribution >= 0.6 is 0 Å². The fraction of sp³-hybridized carbons (Fsp3) is 0.238. The smallest absolute Gasteiger partial charge is 0.225 e. The van der Waals surface area contributed by atoms with E-state index < -0.39 is 0 Å². The van der Waals surface area contributed by atoms with Gasteiger partial charge in [-0.2, -0.15) is 0 Å². The largest absolute Gasteiger partial charge is 0.508 e. The van der Waals surface area contributed by atoms with Gasteiger partial charge in [0.1, 0.15) is 12.4 Å². The highest BCUT2D eigenvalue weighted by atomic mass is 16.5. The molecule has 28 heavy (non-hydrogen) atoms. The molecule has 1 aliphatic heterocycles. The van der Waals surface area contributed by atoms with Gasteiger partial charge in [0, 0.05) is 42.0 Å². The van der Waals surface area contributed by atoms with Gasteiger partial charge in [-0.25, -0.2) is 4.98 Å². The summed E-state index contributed by atoms with van der Waals surface area (Å²) in [4.78, 5) is 16.3. The van der Waals surface area contributed by atoms with Gasteiger partial charge < -0.3 is 24.5 Å². The zero-order valence-corrected chi connectivity index (χ0v) is 15.5. The number of phenols is 1. The Morgan fingerprint density at radius 3 is 2.96 bits per heavy atom. The maximum atomic E-state index is 12.3. The van der Waals surface area contributed by atoms with Crippen LogP contribution < -0.4 is 14.8 Å². The second kappa shape index (κ2) is 7.64. The predicted octanol–water partition coefficient (Wildman–Crippen LogP) is 3.15. The minimum absolute atomic E-state index is 0.102. The highest BCUT2D eigenvalue weighted by Gasteiger charge is 2.30. The number of anilines is 1. The number of carbonyl (C=O) groups is 1. The number of nitrogens with zero attached hydrogens (tertiary/aromatic N) is 2. The third kappa shape index (κ3) is 3.51.